The van der Waals surface area contributed by atoms with E-state index in [1.807, 2.05) is 6.92 Å². The summed E-state index contributed by atoms with van der Waals surface area (Å²) in [4.78, 5) is 11.9. The summed E-state index contributed by atoms with van der Waals surface area (Å²) in [6.45, 7) is 5.09. The molecule has 0 bridgehead atoms. The number of rotatable bonds is 4. The zero-order chi connectivity index (χ0) is 12.1. The van der Waals surface area contributed by atoms with Gasteiger partial charge in [0, 0.05) is 19.1 Å². The van der Waals surface area contributed by atoms with Crippen molar-refractivity contribution in [1.29, 1.82) is 0 Å². The molecule has 1 aliphatic heterocycles. The predicted molar refractivity (Wildman–Crippen MR) is 65.4 cm³/mol. The van der Waals surface area contributed by atoms with E-state index in [2.05, 4.69) is 15.8 Å². The second kappa shape index (κ2) is 6.33. The number of hydrogen-bond acceptors (Lipinski definition) is 4. The van der Waals surface area contributed by atoms with Crippen molar-refractivity contribution in [2.45, 2.75) is 44.7 Å². The Hall–Kier alpha value is -0.650. The highest BCUT2D eigenvalue weighted by Gasteiger charge is 2.22. The summed E-state index contributed by atoms with van der Waals surface area (Å²) in [6, 6.07) is 0.241. The lowest BCUT2D eigenvalue weighted by atomic mass is 10.2. The SMILES string of the molecule is CC(NN1CCOCC1)C(=O)NC1CCCC1. The van der Waals surface area contributed by atoms with Crippen molar-refractivity contribution in [3.05, 3.63) is 0 Å². The smallest absolute Gasteiger partial charge is 0.238 e. The van der Waals surface area contributed by atoms with Crippen molar-refractivity contribution < 1.29 is 9.53 Å². The van der Waals surface area contributed by atoms with Crippen LogP contribution in [0.2, 0.25) is 0 Å². The second-order valence-corrected chi connectivity index (χ2v) is 4.94. The van der Waals surface area contributed by atoms with Crippen molar-refractivity contribution in [2.24, 2.45) is 0 Å². The van der Waals surface area contributed by atoms with Gasteiger partial charge in [0.1, 0.15) is 0 Å². The lowest BCUT2D eigenvalue weighted by Crippen LogP contribution is -2.54. The van der Waals surface area contributed by atoms with Gasteiger partial charge in [0.2, 0.25) is 5.91 Å². The van der Waals surface area contributed by atoms with Gasteiger partial charge in [-0.1, -0.05) is 12.8 Å². The van der Waals surface area contributed by atoms with E-state index in [1.54, 1.807) is 0 Å². The van der Waals surface area contributed by atoms with E-state index in [0.29, 0.717) is 6.04 Å². The van der Waals surface area contributed by atoms with Gasteiger partial charge in [0.05, 0.1) is 19.3 Å². The van der Waals surface area contributed by atoms with Crippen LogP contribution < -0.4 is 10.7 Å². The lowest BCUT2D eigenvalue weighted by Gasteiger charge is -2.30. The lowest BCUT2D eigenvalue weighted by molar-refractivity contribution is -0.125. The van der Waals surface area contributed by atoms with Gasteiger partial charge in [0.25, 0.3) is 0 Å². The third kappa shape index (κ3) is 3.94. The molecule has 17 heavy (non-hydrogen) atoms. The van der Waals surface area contributed by atoms with Crippen LogP contribution in [0.25, 0.3) is 0 Å². The molecule has 0 radical (unpaired) electrons. The van der Waals surface area contributed by atoms with E-state index in [9.17, 15) is 4.79 Å². The van der Waals surface area contributed by atoms with Crippen LogP contribution in [0.1, 0.15) is 32.6 Å². The maximum Gasteiger partial charge on any atom is 0.238 e. The zero-order valence-electron chi connectivity index (χ0n) is 10.6. The Labute approximate surface area is 103 Å². The molecule has 0 aromatic rings. The van der Waals surface area contributed by atoms with Crippen LogP contribution in [0.4, 0.5) is 0 Å². The minimum absolute atomic E-state index is 0.114. The predicted octanol–water partition coefficient (Wildman–Crippen LogP) is 0.270. The highest BCUT2D eigenvalue weighted by Crippen LogP contribution is 2.17. The van der Waals surface area contributed by atoms with E-state index in [-0.39, 0.29) is 11.9 Å². The van der Waals surface area contributed by atoms with E-state index in [0.717, 1.165) is 39.1 Å². The van der Waals surface area contributed by atoms with Crippen molar-refractivity contribution in [1.82, 2.24) is 15.8 Å². The summed E-state index contributed by atoms with van der Waals surface area (Å²) < 4.78 is 5.27. The van der Waals surface area contributed by atoms with Gasteiger partial charge in [-0.2, -0.15) is 0 Å². The molecular formula is C12H23N3O2. The van der Waals surface area contributed by atoms with Gasteiger partial charge in [-0.05, 0) is 19.8 Å². The third-order valence-corrected chi connectivity index (χ3v) is 3.48. The van der Waals surface area contributed by atoms with Crippen LogP contribution >= 0.6 is 0 Å². The number of carbonyl (C=O) groups is 1. The van der Waals surface area contributed by atoms with Gasteiger partial charge in [-0.15, -0.1) is 0 Å². The highest BCUT2D eigenvalue weighted by atomic mass is 16.5. The number of nitrogens with one attached hydrogen (secondary N) is 2. The number of amides is 1. The average molecular weight is 241 g/mol. The standard InChI is InChI=1S/C12H23N3O2/c1-10(14-15-6-8-17-9-7-15)12(16)13-11-4-2-3-5-11/h10-11,14H,2-9H2,1H3,(H,13,16). The molecule has 2 N–H and O–H groups in total. The summed E-state index contributed by atoms with van der Waals surface area (Å²) in [7, 11) is 0. The van der Waals surface area contributed by atoms with Crippen molar-refractivity contribution in [2.75, 3.05) is 26.3 Å². The molecule has 98 valence electrons. The maximum absolute atomic E-state index is 11.9. The molecule has 5 nitrogen and oxygen atoms in total. The largest absolute Gasteiger partial charge is 0.379 e. The van der Waals surface area contributed by atoms with Crippen LogP contribution in [0.5, 0.6) is 0 Å². The summed E-state index contributed by atoms with van der Waals surface area (Å²) in [6.07, 6.45) is 4.76. The molecule has 2 aliphatic rings. The van der Waals surface area contributed by atoms with Crippen LogP contribution in [-0.4, -0.2) is 49.3 Å². The summed E-state index contributed by atoms with van der Waals surface area (Å²) in [5, 5.41) is 5.18. The Morgan fingerprint density at radius 1 is 1.29 bits per heavy atom. The van der Waals surface area contributed by atoms with Crippen molar-refractivity contribution >= 4 is 5.91 Å². The summed E-state index contributed by atoms with van der Waals surface area (Å²) in [5.41, 5.74) is 3.23. The fourth-order valence-electron chi connectivity index (χ4n) is 2.42. The minimum atomic E-state index is -0.159. The maximum atomic E-state index is 11.9. The first-order chi connectivity index (χ1) is 8.25. The van der Waals surface area contributed by atoms with E-state index < -0.39 is 0 Å². The van der Waals surface area contributed by atoms with Crippen LogP contribution in [-0.2, 0) is 9.53 Å². The molecule has 1 saturated heterocycles. The molecule has 1 heterocycles. The number of hydrogen-bond donors (Lipinski definition) is 2. The van der Waals surface area contributed by atoms with Gasteiger partial charge >= 0.3 is 0 Å². The van der Waals surface area contributed by atoms with Gasteiger partial charge < -0.3 is 10.1 Å². The number of ether oxygens (including phenoxy) is 1. The van der Waals surface area contributed by atoms with Crippen LogP contribution in [0.3, 0.4) is 0 Å². The highest BCUT2D eigenvalue weighted by molar-refractivity contribution is 5.81. The average Bonchev–Trinajstić information content (AvgIpc) is 2.83. The Balaban J connectivity index is 1.70. The fraction of sp³-hybridized carbons (Fsp3) is 0.917. The Bertz CT molecular complexity index is 248. The molecule has 1 atom stereocenters. The molecule has 2 fully saturated rings. The van der Waals surface area contributed by atoms with Crippen LogP contribution in [0.15, 0.2) is 0 Å². The Morgan fingerprint density at radius 3 is 2.59 bits per heavy atom. The van der Waals surface area contributed by atoms with Crippen molar-refractivity contribution in [3.63, 3.8) is 0 Å². The van der Waals surface area contributed by atoms with E-state index >= 15 is 0 Å². The molecule has 0 spiro atoms. The molecule has 2 rings (SSSR count). The van der Waals surface area contributed by atoms with Gasteiger partial charge in [0.15, 0.2) is 0 Å². The quantitative estimate of drug-likeness (QED) is 0.742. The molecule has 0 aromatic heterocycles. The minimum Gasteiger partial charge on any atom is -0.379 e. The van der Waals surface area contributed by atoms with E-state index in [1.165, 1.54) is 12.8 Å². The van der Waals surface area contributed by atoms with Gasteiger partial charge in [-0.25, -0.2) is 10.4 Å². The zero-order valence-corrected chi connectivity index (χ0v) is 10.6. The Kier molecular flexibility index (Phi) is 4.76. The second-order valence-electron chi connectivity index (χ2n) is 4.94. The molecule has 0 aromatic carbocycles. The number of carbonyl (C=O) groups excluding carboxylic acids is 1. The topological polar surface area (TPSA) is 53.6 Å². The summed E-state index contributed by atoms with van der Waals surface area (Å²) in [5.74, 6) is 0.114. The normalized spacial score (nSPS) is 24.8. The number of morpholine rings is 1. The van der Waals surface area contributed by atoms with E-state index in [4.69, 9.17) is 4.74 Å². The Morgan fingerprint density at radius 2 is 1.94 bits per heavy atom. The van der Waals surface area contributed by atoms with Gasteiger partial charge in [-0.3, -0.25) is 4.79 Å². The first-order valence-corrected chi connectivity index (χ1v) is 6.65. The van der Waals surface area contributed by atoms with Crippen molar-refractivity contribution in [3.8, 4) is 0 Å². The molecule has 1 saturated carbocycles. The first-order valence-electron chi connectivity index (χ1n) is 6.65. The third-order valence-electron chi connectivity index (χ3n) is 3.48. The molecule has 1 aliphatic carbocycles. The number of hydrazine groups is 1. The molecule has 1 unspecified atom stereocenters. The molecular weight excluding hydrogens is 218 g/mol. The number of nitrogens with zero attached hydrogens (tertiary/aromatic N) is 1. The monoisotopic (exact) mass is 241 g/mol. The molecule has 1 amide bonds. The first kappa shape index (κ1) is 12.8. The summed E-state index contributed by atoms with van der Waals surface area (Å²) >= 11 is 0. The van der Waals surface area contributed by atoms with Crippen LogP contribution in [0, 0.1) is 0 Å². The fourth-order valence-corrected chi connectivity index (χ4v) is 2.42. The molecule has 5 heteroatoms.